The van der Waals surface area contributed by atoms with E-state index in [4.69, 9.17) is 336 Å². The molecular weight excluding hydrogens is 1490 g/mol. The number of hydrogen-bond acceptors (Lipinski definition) is 30. The van der Waals surface area contributed by atoms with Crippen LogP contribution in [0, 0.1) is 0 Å². The van der Waals surface area contributed by atoms with E-state index in [1.54, 1.807) is 0 Å². The first-order chi connectivity index (χ1) is 19.5. The Hall–Kier alpha value is 12.1. The summed E-state index contributed by atoms with van der Waals surface area (Å²) in [5.74, 6) is 0. The molecule has 284 valence electrons. The van der Waals surface area contributed by atoms with Crippen molar-refractivity contribution in [1.82, 2.24) is 0 Å². The van der Waals surface area contributed by atoms with Crippen LogP contribution in [0.5, 0.6) is 0 Å². The SMILES string of the molecule is FS(=S)(=S)S(=S)(=S)S(=S)(=S)S(=S)(=S)S(=S)(=S)S(=S)(=S)S(=S)(=S)S(=S)(=S)S(=S)(=S)S(=S)(=S)S(=S)(=S)S(=S)(=S)S(=S)(=S)S(=S)(=S)S(=S)(=S)S. The summed E-state index contributed by atoms with van der Waals surface area (Å²) in [6.45, 7) is -4.08. The summed E-state index contributed by atoms with van der Waals surface area (Å²) >= 11 is 174. The molecule has 0 radical (unpaired) electrons. The molecule has 0 unspecified atom stereocenters. The standard InChI is InChI=1S/FHS46/c1-33(2,3)35(7,8)37(11,12)39(15,16)41(19,20)43(23,24)45(27,28)47(31,32)46(29,30)44(25,26)42(21,22)40(17,18)38(13,14)36(9,10)34(4,5)6/h(H,4,5,6). The molecule has 0 bridgehead atoms. The van der Waals surface area contributed by atoms with Crippen LogP contribution >= 0.6 is 11.7 Å². The van der Waals surface area contributed by atoms with Crippen molar-refractivity contribution in [3.63, 3.8) is 0 Å². The molecule has 0 heterocycles. The average molecular weight is 1500 g/mol. The zero-order valence-electron chi connectivity index (χ0n) is 19.2. The van der Waals surface area contributed by atoms with Crippen molar-refractivity contribution < 1.29 is 3.89 Å². The van der Waals surface area contributed by atoms with E-state index in [0.717, 1.165) is 0 Å². The molecule has 0 spiro atoms. The van der Waals surface area contributed by atoms with Crippen LogP contribution in [0.1, 0.15) is 0 Å². The Bertz CT molecular complexity index is 2920. The van der Waals surface area contributed by atoms with Gasteiger partial charge >= 0.3 is 0 Å². The summed E-state index contributed by atoms with van der Waals surface area (Å²) in [6, 6.07) is 0. The normalized spacial score (nSPS) is 16.7. The first-order valence-corrected chi connectivity index (χ1v) is 68.1. The molecule has 0 rings (SSSR count). The Morgan fingerprint density at radius 3 is 0.426 bits per heavy atom. The second kappa shape index (κ2) is 18.2. The van der Waals surface area contributed by atoms with Crippen LogP contribution in [0.15, 0.2) is 0 Å². The fourth-order valence-electron chi connectivity index (χ4n) is 1.33. The van der Waals surface area contributed by atoms with Gasteiger partial charge in [0.2, 0.25) is 0 Å². The Morgan fingerprint density at radius 1 is 0.213 bits per heavy atom. The van der Waals surface area contributed by atoms with Gasteiger partial charge in [0.15, 0.2) is 0 Å². The number of thiol groups is 1. The molecule has 47 heavy (non-hydrogen) atoms. The summed E-state index contributed by atoms with van der Waals surface area (Å²) < 4.78 is 15.1. The molecule has 0 nitrogen and oxygen atoms in total. The lowest BCUT2D eigenvalue weighted by atomic mass is 18.9. The number of rotatable bonds is 14. The minimum absolute atomic E-state index is 2.90. The van der Waals surface area contributed by atoms with Gasteiger partial charge in [0, 0.05) is 67.7 Å². The fraction of sp³-hybridized carbons (Fsp3) is 0. The van der Waals surface area contributed by atoms with Gasteiger partial charge in [-0.1, -0.05) is 11.7 Å². The van der Waals surface area contributed by atoms with Gasteiger partial charge in [-0.05, 0) is 336 Å². The molecule has 0 N–H and O–H groups in total. The second-order valence-electron chi connectivity index (χ2n) is 6.13. The molecule has 0 aromatic rings. The van der Waals surface area contributed by atoms with Crippen molar-refractivity contribution in [3.8, 4) is 0 Å². The zero-order valence-corrected chi connectivity index (χ0v) is 56.8. The van der Waals surface area contributed by atoms with Crippen LogP contribution in [-0.4, -0.2) is 0 Å². The van der Waals surface area contributed by atoms with Gasteiger partial charge in [0.1, 0.15) is 6.56 Å². The van der Waals surface area contributed by atoms with Crippen LogP contribution in [0.3, 0.4) is 0 Å². The maximum absolute atomic E-state index is 15.1. The predicted octanol–water partition coefficient (Wildman–Crippen LogP) is 0.693. The Kier molecular flexibility index (Phi) is 22.9. The van der Waals surface area contributed by atoms with Gasteiger partial charge in [-0.3, -0.25) is 0 Å². The average Bonchev–Trinajstić information content (AvgIpc) is 2.80. The second-order valence-corrected chi connectivity index (χ2v) is 162. The third-order valence-corrected chi connectivity index (χ3v) is 279. The van der Waals surface area contributed by atoms with Crippen molar-refractivity contribution in [2.75, 3.05) is 0 Å². The van der Waals surface area contributed by atoms with Crippen molar-refractivity contribution in [3.05, 3.63) is 0 Å². The Morgan fingerprint density at radius 2 is 0.319 bits per heavy atom. The van der Waals surface area contributed by atoms with Crippen LogP contribution in [0.25, 0.3) is 0 Å². The van der Waals surface area contributed by atoms with Crippen molar-refractivity contribution in [2.45, 2.75) is 0 Å². The van der Waals surface area contributed by atoms with Gasteiger partial charge < -0.3 is 0 Å². The largest absolute Gasteiger partial charge is 0.147 e. The predicted molar refractivity (Wildman–Crippen MR) is 342 cm³/mol. The van der Waals surface area contributed by atoms with Crippen molar-refractivity contribution in [1.29, 1.82) is 0 Å². The van der Waals surface area contributed by atoms with Crippen LogP contribution in [-0.2, 0) is 415 Å². The van der Waals surface area contributed by atoms with E-state index in [2.05, 4.69) is 11.7 Å². The highest BCUT2D eigenvalue weighted by molar-refractivity contribution is 9.78. The van der Waals surface area contributed by atoms with Crippen molar-refractivity contribution >= 4 is 427 Å². The molecule has 0 aromatic heterocycles. The molecular formula is HFS46. The number of hydrogen-bond donors (Lipinski definition) is 1. The van der Waals surface area contributed by atoms with Gasteiger partial charge in [0.05, 0.1) is 5.21 Å². The molecule has 0 aliphatic heterocycles. The number of halogens is 1. The zero-order chi connectivity index (χ0) is 39.5. The lowest BCUT2D eigenvalue weighted by molar-refractivity contribution is 0.944. The summed E-state index contributed by atoms with van der Waals surface area (Å²) in [5, 5.41) is -50.1. The minimum Gasteiger partial charge on any atom is -0.147 e. The molecule has 0 atom stereocenters. The highest BCUT2D eigenvalue weighted by atomic mass is 34.5. The van der Waals surface area contributed by atoms with Gasteiger partial charge in [0.25, 0.3) is 0 Å². The van der Waals surface area contributed by atoms with E-state index >= 15 is 3.89 Å². The fourth-order valence-corrected chi connectivity index (χ4v) is 317. The third-order valence-electron chi connectivity index (χ3n) is 3.50. The van der Waals surface area contributed by atoms with E-state index in [1.165, 1.54) is 0 Å². The molecule has 0 amide bonds. The van der Waals surface area contributed by atoms with E-state index in [0.29, 0.717) is 0 Å². The maximum Gasteiger partial charge on any atom is 0.131 e. The molecule has 0 aliphatic rings. The molecule has 0 saturated carbocycles. The lowest BCUT2D eigenvalue weighted by Crippen LogP contribution is -2.39. The third kappa shape index (κ3) is 9.60. The Balaban J connectivity index is 8.28. The van der Waals surface area contributed by atoms with Crippen molar-refractivity contribution in [2.24, 2.45) is 0 Å². The first kappa shape index (κ1) is 59.1. The highest BCUT2D eigenvalue weighted by Gasteiger charge is 2.45. The summed E-state index contributed by atoms with van der Waals surface area (Å²) in [5.41, 5.74) is 0. The van der Waals surface area contributed by atoms with Gasteiger partial charge in [-0.15, -0.1) is 3.89 Å². The monoisotopic (exact) mass is 1490 g/mol. The van der Waals surface area contributed by atoms with E-state index in [-0.39, 0.29) is 0 Å². The minimum atomic E-state index is -4.08. The van der Waals surface area contributed by atoms with Crippen LogP contribution in [0.4, 0.5) is 3.89 Å². The summed E-state index contributed by atoms with van der Waals surface area (Å²) in [7, 11) is 0. The maximum atomic E-state index is 15.1. The molecule has 0 aromatic carbocycles. The summed E-state index contributed by atoms with van der Waals surface area (Å²) in [6.07, 6.45) is 0. The van der Waals surface area contributed by atoms with Gasteiger partial charge in [-0.25, -0.2) is 0 Å². The smallest absolute Gasteiger partial charge is 0.131 e. The van der Waals surface area contributed by atoms with Crippen LogP contribution < -0.4 is 0 Å². The topological polar surface area (TPSA) is 0 Å². The van der Waals surface area contributed by atoms with Crippen LogP contribution in [0.2, 0.25) is 0 Å². The summed E-state index contributed by atoms with van der Waals surface area (Å²) in [4.78, 5) is 0. The molecule has 47 heteroatoms. The van der Waals surface area contributed by atoms with E-state index in [9.17, 15) is 0 Å². The first-order valence-electron chi connectivity index (χ1n) is 7.67. The lowest BCUT2D eigenvalue weighted by Gasteiger charge is -2.35. The quantitative estimate of drug-likeness (QED) is 0.148. The Labute approximate surface area is 418 Å². The molecule has 0 fully saturated rings. The highest BCUT2D eigenvalue weighted by Crippen LogP contribution is 2.41. The van der Waals surface area contributed by atoms with Gasteiger partial charge in [-0.2, -0.15) is 0 Å². The van der Waals surface area contributed by atoms with E-state index < -0.39 is 79.5 Å². The molecule has 0 aliphatic carbocycles. The van der Waals surface area contributed by atoms with E-state index in [1.807, 2.05) is 0 Å². The molecule has 0 saturated heterocycles.